The summed E-state index contributed by atoms with van der Waals surface area (Å²) in [5, 5.41) is 2.94. The molecule has 1 aliphatic heterocycles. The third-order valence-electron chi connectivity index (χ3n) is 5.24. The fourth-order valence-corrected chi connectivity index (χ4v) is 3.48. The smallest absolute Gasteiger partial charge is 0.229 e. The Morgan fingerprint density at radius 3 is 2.50 bits per heavy atom. The van der Waals surface area contributed by atoms with Crippen LogP contribution >= 0.6 is 0 Å². The van der Waals surface area contributed by atoms with E-state index in [0.29, 0.717) is 23.7 Å². The summed E-state index contributed by atoms with van der Waals surface area (Å²) in [6, 6.07) is 13.1. The summed E-state index contributed by atoms with van der Waals surface area (Å²) in [6.45, 7) is 1.27. The molecule has 0 aromatic heterocycles. The maximum Gasteiger partial charge on any atom is 0.229 e. The highest BCUT2D eigenvalue weighted by Gasteiger charge is 2.36. The number of ether oxygens (including phenoxy) is 2. The van der Waals surface area contributed by atoms with Crippen molar-refractivity contribution in [1.29, 1.82) is 0 Å². The molecule has 1 atom stereocenters. The highest BCUT2D eigenvalue weighted by molar-refractivity contribution is 6.04. The summed E-state index contributed by atoms with van der Waals surface area (Å²) >= 11 is 0. The van der Waals surface area contributed by atoms with E-state index in [9.17, 15) is 9.59 Å². The second kappa shape index (κ2) is 9.63. The zero-order chi connectivity index (χ0) is 21.7. The quantitative estimate of drug-likeness (QED) is 0.723. The molecule has 1 saturated heterocycles. The van der Waals surface area contributed by atoms with Gasteiger partial charge < -0.3 is 24.6 Å². The van der Waals surface area contributed by atoms with Gasteiger partial charge in [0.25, 0.3) is 0 Å². The van der Waals surface area contributed by atoms with Gasteiger partial charge in [-0.2, -0.15) is 0 Å². The van der Waals surface area contributed by atoms with E-state index in [2.05, 4.69) is 10.2 Å². The number of rotatable bonds is 8. The SMILES string of the molecule is COc1ccc(OC)c(N2CC(C(=O)Nc3ccc(CCN(C)C)cc3)CC2=O)c1. The van der Waals surface area contributed by atoms with Crippen molar-refractivity contribution in [3.63, 3.8) is 0 Å². The van der Waals surface area contributed by atoms with E-state index in [0.717, 1.165) is 18.7 Å². The van der Waals surface area contributed by atoms with Gasteiger partial charge in [0.1, 0.15) is 11.5 Å². The normalized spacial score (nSPS) is 16.1. The molecule has 160 valence electrons. The fourth-order valence-electron chi connectivity index (χ4n) is 3.48. The van der Waals surface area contributed by atoms with Crippen LogP contribution in [0.15, 0.2) is 42.5 Å². The van der Waals surface area contributed by atoms with Crippen molar-refractivity contribution in [2.24, 2.45) is 5.92 Å². The lowest BCUT2D eigenvalue weighted by molar-refractivity contribution is -0.122. The average molecular weight is 412 g/mol. The van der Waals surface area contributed by atoms with Crippen molar-refractivity contribution in [1.82, 2.24) is 4.90 Å². The van der Waals surface area contributed by atoms with Crippen molar-refractivity contribution >= 4 is 23.2 Å². The molecule has 7 nitrogen and oxygen atoms in total. The number of carbonyl (C=O) groups excluding carboxylic acids is 2. The van der Waals surface area contributed by atoms with Gasteiger partial charge in [0.15, 0.2) is 0 Å². The van der Waals surface area contributed by atoms with Gasteiger partial charge in [-0.3, -0.25) is 9.59 Å². The van der Waals surface area contributed by atoms with Crippen LogP contribution in [0, 0.1) is 5.92 Å². The Bertz CT molecular complexity index is 896. The van der Waals surface area contributed by atoms with Gasteiger partial charge in [0.05, 0.1) is 25.8 Å². The van der Waals surface area contributed by atoms with Gasteiger partial charge in [-0.1, -0.05) is 12.1 Å². The Labute approximate surface area is 177 Å². The zero-order valence-corrected chi connectivity index (χ0v) is 18.0. The lowest BCUT2D eigenvalue weighted by atomic mass is 10.1. The van der Waals surface area contributed by atoms with Crippen LogP contribution in [0.2, 0.25) is 0 Å². The fraction of sp³-hybridized carbons (Fsp3) is 0.391. The first-order valence-electron chi connectivity index (χ1n) is 9.98. The van der Waals surface area contributed by atoms with E-state index in [1.54, 1.807) is 37.3 Å². The van der Waals surface area contributed by atoms with Gasteiger partial charge >= 0.3 is 0 Å². The molecule has 7 heteroatoms. The zero-order valence-electron chi connectivity index (χ0n) is 18.0. The second-order valence-corrected chi connectivity index (χ2v) is 7.68. The lowest BCUT2D eigenvalue weighted by Gasteiger charge is -2.20. The first-order chi connectivity index (χ1) is 14.4. The van der Waals surface area contributed by atoms with Crippen molar-refractivity contribution in [3.8, 4) is 11.5 Å². The first kappa shape index (κ1) is 21.6. The predicted octanol–water partition coefficient (Wildman–Crippen LogP) is 2.80. The van der Waals surface area contributed by atoms with E-state index >= 15 is 0 Å². The van der Waals surface area contributed by atoms with E-state index in [-0.39, 0.29) is 18.2 Å². The summed E-state index contributed by atoms with van der Waals surface area (Å²) in [5.74, 6) is 0.496. The molecule has 3 rings (SSSR count). The molecule has 0 bridgehead atoms. The molecule has 0 spiro atoms. The van der Waals surface area contributed by atoms with Gasteiger partial charge in [0, 0.05) is 31.3 Å². The van der Waals surface area contributed by atoms with Crippen molar-refractivity contribution < 1.29 is 19.1 Å². The predicted molar refractivity (Wildman–Crippen MR) is 117 cm³/mol. The molecular weight excluding hydrogens is 382 g/mol. The monoisotopic (exact) mass is 411 g/mol. The number of amides is 2. The molecule has 2 aromatic rings. The molecule has 2 amide bonds. The van der Waals surface area contributed by atoms with Gasteiger partial charge in [-0.25, -0.2) is 0 Å². The second-order valence-electron chi connectivity index (χ2n) is 7.68. The number of hydrogen-bond donors (Lipinski definition) is 1. The molecule has 30 heavy (non-hydrogen) atoms. The minimum absolute atomic E-state index is 0.110. The minimum Gasteiger partial charge on any atom is -0.497 e. The molecule has 1 heterocycles. The van der Waals surface area contributed by atoms with E-state index < -0.39 is 5.92 Å². The molecule has 1 aliphatic rings. The molecule has 0 radical (unpaired) electrons. The molecule has 0 aliphatic carbocycles. The molecule has 0 saturated carbocycles. The number of hydrogen-bond acceptors (Lipinski definition) is 5. The Balaban J connectivity index is 1.65. The van der Waals surface area contributed by atoms with E-state index in [1.165, 1.54) is 5.56 Å². The number of likely N-dealkylation sites (N-methyl/N-ethyl adjacent to an activating group) is 1. The van der Waals surface area contributed by atoms with Crippen LogP contribution in [-0.4, -0.2) is 58.1 Å². The van der Waals surface area contributed by atoms with Crippen LogP contribution in [-0.2, 0) is 16.0 Å². The Morgan fingerprint density at radius 1 is 1.13 bits per heavy atom. The molecule has 1 N–H and O–H groups in total. The first-order valence-corrected chi connectivity index (χ1v) is 9.98. The number of anilines is 2. The average Bonchev–Trinajstić information content (AvgIpc) is 3.14. The topological polar surface area (TPSA) is 71.1 Å². The summed E-state index contributed by atoms with van der Waals surface area (Å²) in [6.07, 6.45) is 1.11. The van der Waals surface area contributed by atoms with Crippen molar-refractivity contribution in [3.05, 3.63) is 48.0 Å². The lowest BCUT2D eigenvalue weighted by Crippen LogP contribution is -2.28. The van der Waals surface area contributed by atoms with E-state index in [4.69, 9.17) is 9.47 Å². The highest BCUT2D eigenvalue weighted by Crippen LogP contribution is 2.36. The van der Waals surface area contributed by atoms with Crippen LogP contribution in [0.25, 0.3) is 0 Å². The highest BCUT2D eigenvalue weighted by atomic mass is 16.5. The maximum atomic E-state index is 12.8. The maximum absolute atomic E-state index is 12.8. The number of carbonyl (C=O) groups is 2. The standard InChI is InChI=1S/C23H29N3O4/c1-25(2)12-11-16-5-7-18(8-6-16)24-23(28)17-13-22(27)26(15-17)20-14-19(29-3)9-10-21(20)30-4/h5-10,14,17H,11-13,15H2,1-4H3,(H,24,28). The van der Waals surface area contributed by atoms with Crippen LogP contribution in [0.1, 0.15) is 12.0 Å². The number of benzene rings is 2. The third kappa shape index (κ3) is 5.10. The molecular formula is C23H29N3O4. The van der Waals surface area contributed by atoms with Crippen molar-refractivity contribution in [2.45, 2.75) is 12.8 Å². The Morgan fingerprint density at radius 2 is 1.87 bits per heavy atom. The summed E-state index contributed by atoms with van der Waals surface area (Å²) in [4.78, 5) is 29.1. The Kier molecular flexibility index (Phi) is 6.95. The third-order valence-corrected chi connectivity index (χ3v) is 5.24. The number of nitrogens with one attached hydrogen (secondary N) is 1. The van der Waals surface area contributed by atoms with Crippen molar-refractivity contribution in [2.75, 3.05) is 51.6 Å². The van der Waals surface area contributed by atoms with Gasteiger partial charge in [-0.15, -0.1) is 0 Å². The number of methoxy groups -OCH3 is 2. The summed E-state index contributed by atoms with van der Waals surface area (Å²) < 4.78 is 10.7. The van der Waals surface area contributed by atoms with Gasteiger partial charge in [0.2, 0.25) is 11.8 Å². The molecule has 1 fully saturated rings. The minimum atomic E-state index is -0.429. The number of nitrogens with zero attached hydrogens (tertiary/aromatic N) is 2. The van der Waals surface area contributed by atoms with Crippen LogP contribution in [0.3, 0.4) is 0 Å². The van der Waals surface area contributed by atoms with Crippen LogP contribution in [0.4, 0.5) is 11.4 Å². The summed E-state index contributed by atoms with van der Waals surface area (Å²) in [7, 11) is 7.21. The largest absolute Gasteiger partial charge is 0.497 e. The summed E-state index contributed by atoms with van der Waals surface area (Å²) in [5.41, 5.74) is 2.56. The van der Waals surface area contributed by atoms with Crippen LogP contribution in [0.5, 0.6) is 11.5 Å². The Hall–Kier alpha value is -3.06. The molecule has 2 aromatic carbocycles. The molecule has 1 unspecified atom stereocenters. The van der Waals surface area contributed by atoms with E-state index in [1.807, 2.05) is 38.4 Å². The van der Waals surface area contributed by atoms with Crippen LogP contribution < -0.4 is 19.7 Å². The van der Waals surface area contributed by atoms with Gasteiger partial charge in [-0.05, 0) is 50.3 Å².